The van der Waals surface area contributed by atoms with Gasteiger partial charge in [0.05, 0.1) is 24.5 Å². The van der Waals surface area contributed by atoms with Crippen molar-refractivity contribution in [3.63, 3.8) is 0 Å². The van der Waals surface area contributed by atoms with Gasteiger partial charge in [-0.15, -0.1) is 0 Å². The molecule has 36 heavy (non-hydrogen) atoms. The van der Waals surface area contributed by atoms with Gasteiger partial charge in [0.2, 0.25) is 0 Å². The van der Waals surface area contributed by atoms with Gasteiger partial charge in [-0.05, 0) is 74.2 Å². The van der Waals surface area contributed by atoms with Gasteiger partial charge in [-0.2, -0.15) is 0 Å². The first-order chi connectivity index (χ1) is 17.6. The van der Waals surface area contributed by atoms with E-state index in [4.69, 9.17) is 14.5 Å². The molecule has 1 N–H and O–H groups in total. The molecule has 3 saturated heterocycles. The zero-order valence-corrected chi connectivity index (χ0v) is 21.3. The number of likely N-dealkylation sites (tertiary alicyclic amines) is 2. The number of nitrogens with zero attached hydrogens (tertiary/aromatic N) is 4. The van der Waals surface area contributed by atoms with Crippen molar-refractivity contribution < 1.29 is 9.47 Å². The molecule has 0 spiro atoms. The number of aryl methyl sites for hydroxylation is 1. The Balaban J connectivity index is 1.16. The number of rotatable bonds is 5. The molecule has 2 aromatic rings. The summed E-state index contributed by atoms with van der Waals surface area (Å²) in [5, 5.41) is 3.63. The number of piperidine rings is 1. The first kappa shape index (κ1) is 23.4. The summed E-state index contributed by atoms with van der Waals surface area (Å²) in [6, 6.07) is 7.29. The van der Waals surface area contributed by atoms with Crippen LogP contribution < -0.4 is 15.0 Å². The molecule has 190 valence electrons. The standard InChI is InChI=1S/C29H37N5O2/c1-4-21(3)34-17-23(18-34)32-9-6-22(7-10-32)24-16-26-28(15-20(24)2)36-19-25-27(5-8-30-29(25)31-26)33-11-13-35-14-12-33/h4-5,8,15-16,22-23H,1,3,6-7,9-14,17-19H2,2H3,(H,30,31). The third-order valence-corrected chi connectivity index (χ3v) is 8.37. The molecule has 4 aliphatic heterocycles. The number of fused-ring (bicyclic) bond motifs is 2. The van der Waals surface area contributed by atoms with Crippen LogP contribution in [0.5, 0.6) is 5.75 Å². The molecule has 5 heterocycles. The molecule has 7 heteroatoms. The van der Waals surface area contributed by atoms with Crippen LogP contribution in [0, 0.1) is 6.92 Å². The van der Waals surface area contributed by atoms with Crippen LogP contribution in [0.4, 0.5) is 17.2 Å². The Bertz CT molecular complexity index is 1140. The molecule has 4 aliphatic rings. The predicted molar refractivity (Wildman–Crippen MR) is 144 cm³/mol. The number of nitrogens with one attached hydrogen (secondary N) is 1. The van der Waals surface area contributed by atoms with E-state index in [9.17, 15) is 0 Å². The average molecular weight is 488 g/mol. The van der Waals surface area contributed by atoms with Gasteiger partial charge >= 0.3 is 0 Å². The van der Waals surface area contributed by atoms with Gasteiger partial charge in [0.15, 0.2) is 0 Å². The summed E-state index contributed by atoms with van der Waals surface area (Å²) in [5.74, 6) is 2.39. The summed E-state index contributed by atoms with van der Waals surface area (Å²) < 4.78 is 11.9. The minimum absolute atomic E-state index is 0.518. The number of morpholine rings is 1. The highest BCUT2D eigenvalue weighted by molar-refractivity contribution is 5.74. The molecule has 0 saturated carbocycles. The summed E-state index contributed by atoms with van der Waals surface area (Å²) in [6.45, 7) is 18.4. The number of hydrogen-bond acceptors (Lipinski definition) is 7. The highest BCUT2D eigenvalue weighted by Gasteiger charge is 2.34. The van der Waals surface area contributed by atoms with E-state index in [0.717, 1.165) is 81.0 Å². The van der Waals surface area contributed by atoms with Crippen LogP contribution in [0.1, 0.15) is 35.4 Å². The molecule has 0 unspecified atom stereocenters. The van der Waals surface area contributed by atoms with Gasteiger partial charge in [-0.1, -0.05) is 13.2 Å². The Labute approximate surface area is 214 Å². The molecule has 6 rings (SSSR count). The maximum absolute atomic E-state index is 6.35. The largest absolute Gasteiger partial charge is 0.486 e. The van der Waals surface area contributed by atoms with Crippen LogP contribution in [0.3, 0.4) is 0 Å². The second kappa shape index (κ2) is 9.79. The van der Waals surface area contributed by atoms with Gasteiger partial charge < -0.3 is 24.6 Å². The Morgan fingerprint density at radius 3 is 2.67 bits per heavy atom. The molecule has 7 nitrogen and oxygen atoms in total. The van der Waals surface area contributed by atoms with E-state index in [1.54, 1.807) is 0 Å². The van der Waals surface area contributed by atoms with Crippen LogP contribution in [0.2, 0.25) is 0 Å². The molecule has 1 aromatic heterocycles. The molecule has 0 amide bonds. The van der Waals surface area contributed by atoms with Gasteiger partial charge in [0.1, 0.15) is 18.2 Å². The molecule has 1 aromatic carbocycles. The van der Waals surface area contributed by atoms with Crippen molar-refractivity contribution in [2.75, 3.05) is 62.7 Å². The van der Waals surface area contributed by atoms with Crippen LogP contribution in [0.25, 0.3) is 0 Å². The summed E-state index contributed by atoms with van der Waals surface area (Å²) in [6.07, 6.45) is 6.14. The maximum atomic E-state index is 6.35. The Hall–Kier alpha value is -3.03. The van der Waals surface area contributed by atoms with Crippen molar-refractivity contribution in [2.45, 2.75) is 38.3 Å². The Morgan fingerprint density at radius 1 is 1.14 bits per heavy atom. The number of allylic oxidation sites excluding steroid dienone is 1. The van der Waals surface area contributed by atoms with Crippen molar-refractivity contribution in [3.8, 4) is 5.75 Å². The van der Waals surface area contributed by atoms with Gasteiger partial charge in [-0.3, -0.25) is 4.90 Å². The van der Waals surface area contributed by atoms with Crippen LogP contribution in [-0.2, 0) is 11.3 Å². The number of hydrogen-bond donors (Lipinski definition) is 1. The lowest BCUT2D eigenvalue weighted by molar-refractivity contribution is 0.0433. The quantitative estimate of drug-likeness (QED) is 0.627. The van der Waals surface area contributed by atoms with E-state index in [1.165, 1.54) is 29.7 Å². The molecule has 0 aliphatic carbocycles. The second-order valence-corrected chi connectivity index (χ2v) is 10.4. The minimum Gasteiger partial charge on any atom is -0.486 e. The number of ether oxygens (including phenoxy) is 2. The molecule has 0 radical (unpaired) electrons. The summed E-state index contributed by atoms with van der Waals surface area (Å²) in [4.78, 5) is 12.1. The zero-order valence-electron chi connectivity index (χ0n) is 21.3. The number of aromatic nitrogens is 1. The summed E-state index contributed by atoms with van der Waals surface area (Å²) >= 11 is 0. The first-order valence-corrected chi connectivity index (χ1v) is 13.3. The topological polar surface area (TPSA) is 53.1 Å². The predicted octanol–water partition coefficient (Wildman–Crippen LogP) is 4.43. The first-order valence-electron chi connectivity index (χ1n) is 13.3. The molecule has 0 atom stereocenters. The summed E-state index contributed by atoms with van der Waals surface area (Å²) in [5.41, 5.74) is 7.15. The average Bonchev–Trinajstić information content (AvgIpc) is 3.07. The fourth-order valence-corrected chi connectivity index (χ4v) is 6.09. The molecule has 3 fully saturated rings. The lowest BCUT2D eigenvalue weighted by atomic mass is 9.85. The van der Waals surface area contributed by atoms with Crippen molar-refractivity contribution in [1.29, 1.82) is 0 Å². The van der Waals surface area contributed by atoms with E-state index in [-0.39, 0.29) is 0 Å². The maximum Gasteiger partial charge on any atom is 0.143 e. The van der Waals surface area contributed by atoms with Crippen molar-refractivity contribution in [3.05, 3.63) is 66.0 Å². The Morgan fingerprint density at radius 2 is 1.92 bits per heavy atom. The highest BCUT2D eigenvalue weighted by Crippen LogP contribution is 2.41. The van der Waals surface area contributed by atoms with Crippen LogP contribution >= 0.6 is 0 Å². The van der Waals surface area contributed by atoms with E-state index in [2.05, 4.69) is 58.3 Å². The number of benzene rings is 1. The number of anilines is 3. The fourth-order valence-electron chi connectivity index (χ4n) is 6.09. The van der Waals surface area contributed by atoms with Gasteiger partial charge in [0.25, 0.3) is 0 Å². The van der Waals surface area contributed by atoms with Crippen molar-refractivity contribution in [1.82, 2.24) is 14.8 Å². The zero-order chi connectivity index (χ0) is 24.6. The van der Waals surface area contributed by atoms with Gasteiger partial charge in [0, 0.05) is 49.8 Å². The fraction of sp³-hybridized carbons (Fsp3) is 0.483. The second-order valence-electron chi connectivity index (χ2n) is 10.4. The molecular weight excluding hydrogens is 450 g/mol. The monoisotopic (exact) mass is 487 g/mol. The van der Waals surface area contributed by atoms with E-state index < -0.39 is 0 Å². The van der Waals surface area contributed by atoms with Crippen LogP contribution in [0.15, 0.2) is 49.3 Å². The lowest BCUT2D eigenvalue weighted by Crippen LogP contribution is -2.59. The van der Waals surface area contributed by atoms with Gasteiger partial charge in [-0.25, -0.2) is 4.98 Å². The third kappa shape index (κ3) is 4.35. The summed E-state index contributed by atoms with van der Waals surface area (Å²) in [7, 11) is 0. The number of pyridine rings is 1. The normalized spacial score (nSPS) is 20.9. The third-order valence-electron chi connectivity index (χ3n) is 8.37. The lowest BCUT2D eigenvalue weighted by Gasteiger charge is -2.49. The highest BCUT2D eigenvalue weighted by atomic mass is 16.5. The van der Waals surface area contributed by atoms with E-state index >= 15 is 0 Å². The minimum atomic E-state index is 0.518. The molecule has 0 bridgehead atoms. The Kier molecular flexibility index (Phi) is 6.36. The molecular formula is C29H37N5O2. The van der Waals surface area contributed by atoms with E-state index in [1.807, 2.05) is 12.3 Å². The van der Waals surface area contributed by atoms with Crippen molar-refractivity contribution >= 4 is 17.2 Å². The van der Waals surface area contributed by atoms with Crippen LogP contribution in [-0.4, -0.2) is 73.3 Å². The SMILES string of the molecule is C=CC(=C)N1CC(N2CCC(c3cc4c(cc3C)OCc3c(N5CCOCC5)ccnc3N4)CC2)C1. The van der Waals surface area contributed by atoms with E-state index in [0.29, 0.717) is 18.6 Å². The van der Waals surface area contributed by atoms with Crippen molar-refractivity contribution in [2.24, 2.45) is 0 Å². The smallest absolute Gasteiger partial charge is 0.143 e.